The highest BCUT2D eigenvalue weighted by atomic mass is 35.5. The maximum Gasteiger partial charge on any atom is 0.224 e. The van der Waals surface area contributed by atoms with Crippen molar-refractivity contribution in [3.8, 4) is 0 Å². The molecule has 0 bridgehead atoms. The van der Waals surface area contributed by atoms with E-state index in [-0.39, 0.29) is 5.28 Å². The number of benzene rings is 2. The number of rotatable bonds is 6. The zero-order valence-corrected chi connectivity index (χ0v) is 24.0. The monoisotopic (exact) mass is 556 g/mol. The van der Waals surface area contributed by atoms with Crippen LogP contribution in [-0.4, -0.2) is 31.6 Å². The normalized spacial score (nSPS) is 9.58. The van der Waals surface area contributed by atoms with E-state index < -0.39 is 0 Å². The van der Waals surface area contributed by atoms with Crippen molar-refractivity contribution in [1.82, 2.24) is 19.9 Å². The standard InChI is InChI=1S/C12H12ClN3.C7H9N.C6H7ClN2.C4H10O/c1-9-7-15-12(13)16-11(9)14-8-10-5-3-2-4-6-10;8-6-7-4-2-1-3-5-7;1-4-3-8-5(2)9-6(4)7;1-2-3-4-5/h2-7H,8H2,1H3,(H,14,15,16);1-5H,6,8H2;3H,1-2H3;5H,2-4H2,1H3. The minimum Gasteiger partial charge on any atom is -0.396 e. The van der Waals surface area contributed by atoms with Crippen molar-refractivity contribution >= 4 is 29.0 Å². The van der Waals surface area contributed by atoms with Gasteiger partial charge in [0, 0.05) is 43.2 Å². The van der Waals surface area contributed by atoms with E-state index in [0.29, 0.717) is 24.1 Å². The van der Waals surface area contributed by atoms with Crippen LogP contribution in [0.3, 0.4) is 0 Å². The lowest BCUT2D eigenvalue weighted by atomic mass is 10.2. The molecule has 7 nitrogen and oxygen atoms in total. The Morgan fingerprint density at radius 3 is 1.84 bits per heavy atom. The Hall–Kier alpha value is -3.10. The Balaban J connectivity index is 0.000000279. The van der Waals surface area contributed by atoms with Crippen LogP contribution in [0.2, 0.25) is 10.4 Å². The fourth-order valence-electron chi connectivity index (χ4n) is 2.66. The first kappa shape index (κ1) is 32.9. The number of anilines is 1. The van der Waals surface area contributed by atoms with Gasteiger partial charge in [-0.1, -0.05) is 85.6 Å². The summed E-state index contributed by atoms with van der Waals surface area (Å²) in [6.45, 7) is 9.40. The maximum absolute atomic E-state index is 8.07. The Morgan fingerprint density at radius 1 is 0.816 bits per heavy atom. The third kappa shape index (κ3) is 14.6. The molecule has 9 heteroatoms. The topological polar surface area (TPSA) is 110 Å². The molecule has 0 aliphatic rings. The summed E-state index contributed by atoms with van der Waals surface area (Å²) in [6, 6.07) is 20.1. The number of aromatic nitrogens is 4. The van der Waals surface area contributed by atoms with Gasteiger partial charge in [0.1, 0.15) is 16.8 Å². The molecule has 0 unspecified atom stereocenters. The zero-order valence-electron chi connectivity index (χ0n) is 22.5. The number of nitrogens with zero attached hydrogens (tertiary/aromatic N) is 4. The van der Waals surface area contributed by atoms with Crippen LogP contribution in [0.15, 0.2) is 73.1 Å². The molecular weight excluding hydrogens is 519 g/mol. The van der Waals surface area contributed by atoms with Gasteiger partial charge < -0.3 is 16.2 Å². The van der Waals surface area contributed by atoms with Crippen LogP contribution in [0, 0.1) is 20.8 Å². The third-order valence-corrected chi connectivity index (χ3v) is 5.43. The molecule has 0 amide bonds. The molecule has 2 aromatic heterocycles. The van der Waals surface area contributed by atoms with Gasteiger partial charge in [0.15, 0.2) is 0 Å². The average molecular weight is 558 g/mol. The molecule has 4 rings (SSSR count). The highest BCUT2D eigenvalue weighted by Gasteiger charge is 2.01. The molecule has 38 heavy (non-hydrogen) atoms. The number of nitrogens with two attached hydrogens (primary N) is 1. The first-order valence-corrected chi connectivity index (χ1v) is 13.1. The van der Waals surface area contributed by atoms with Gasteiger partial charge in [-0.3, -0.25) is 0 Å². The molecule has 0 spiro atoms. The van der Waals surface area contributed by atoms with Crippen molar-refractivity contribution in [2.45, 2.75) is 53.6 Å². The van der Waals surface area contributed by atoms with E-state index in [2.05, 4.69) is 44.3 Å². The van der Waals surface area contributed by atoms with Crippen LogP contribution >= 0.6 is 23.2 Å². The lowest BCUT2D eigenvalue weighted by Gasteiger charge is -2.08. The quantitative estimate of drug-likeness (QED) is 0.178. The molecular formula is C29H38Cl2N6O. The van der Waals surface area contributed by atoms with Gasteiger partial charge >= 0.3 is 0 Å². The van der Waals surface area contributed by atoms with Gasteiger partial charge in [0.05, 0.1) is 0 Å². The fraction of sp³-hybridized carbons (Fsp3) is 0.310. The van der Waals surface area contributed by atoms with Crippen LogP contribution in [0.4, 0.5) is 5.82 Å². The highest BCUT2D eigenvalue weighted by molar-refractivity contribution is 6.30. The summed E-state index contributed by atoms with van der Waals surface area (Å²) in [4.78, 5) is 15.9. The molecule has 4 aromatic rings. The molecule has 2 heterocycles. The summed E-state index contributed by atoms with van der Waals surface area (Å²) in [5, 5.41) is 12.1. The predicted octanol–water partition coefficient (Wildman–Crippen LogP) is 6.72. The largest absolute Gasteiger partial charge is 0.396 e. The fourth-order valence-corrected chi connectivity index (χ4v) is 2.96. The van der Waals surface area contributed by atoms with Gasteiger partial charge in [-0.15, -0.1) is 0 Å². The lowest BCUT2D eigenvalue weighted by Crippen LogP contribution is -2.03. The Morgan fingerprint density at radius 2 is 1.39 bits per heavy atom. The number of aliphatic hydroxyl groups excluding tert-OH is 1. The van der Waals surface area contributed by atoms with E-state index in [4.69, 9.17) is 34.0 Å². The second-order valence-corrected chi connectivity index (χ2v) is 8.86. The molecule has 2 aromatic carbocycles. The van der Waals surface area contributed by atoms with Crippen molar-refractivity contribution in [3.63, 3.8) is 0 Å². The summed E-state index contributed by atoms with van der Waals surface area (Å²) in [7, 11) is 0. The molecule has 0 atom stereocenters. The lowest BCUT2D eigenvalue weighted by molar-refractivity contribution is 0.287. The number of aryl methyl sites for hydroxylation is 3. The van der Waals surface area contributed by atoms with Gasteiger partial charge in [0.2, 0.25) is 5.28 Å². The first-order chi connectivity index (χ1) is 18.3. The molecule has 0 aliphatic carbocycles. The number of halogens is 2. The third-order valence-electron chi connectivity index (χ3n) is 4.87. The second kappa shape index (κ2) is 19.9. The number of unbranched alkanes of at least 4 members (excludes halogenated alkanes) is 1. The number of nitrogens with one attached hydrogen (secondary N) is 1. The molecule has 204 valence electrons. The van der Waals surface area contributed by atoms with Gasteiger partial charge in [0.25, 0.3) is 0 Å². The number of hydrogen-bond acceptors (Lipinski definition) is 7. The van der Waals surface area contributed by atoms with Crippen LogP contribution in [0.25, 0.3) is 0 Å². The zero-order chi connectivity index (χ0) is 28.2. The Kier molecular flexibility index (Phi) is 17.3. The van der Waals surface area contributed by atoms with E-state index in [0.717, 1.165) is 36.3 Å². The molecule has 0 aliphatic heterocycles. The van der Waals surface area contributed by atoms with E-state index in [1.165, 1.54) is 11.1 Å². The highest BCUT2D eigenvalue weighted by Crippen LogP contribution is 2.13. The molecule has 0 saturated heterocycles. The van der Waals surface area contributed by atoms with Gasteiger partial charge in [-0.05, 0) is 49.9 Å². The van der Waals surface area contributed by atoms with E-state index >= 15 is 0 Å². The minimum atomic E-state index is 0.265. The van der Waals surface area contributed by atoms with Crippen LogP contribution < -0.4 is 11.1 Å². The summed E-state index contributed by atoms with van der Waals surface area (Å²) >= 11 is 11.4. The molecule has 0 fully saturated rings. The first-order valence-electron chi connectivity index (χ1n) is 12.4. The van der Waals surface area contributed by atoms with Crippen molar-refractivity contribution in [1.29, 1.82) is 0 Å². The molecule has 0 radical (unpaired) electrons. The predicted molar refractivity (Wildman–Crippen MR) is 158 cm³/mol. The number of hydrogen-bond donors (Lipinski definition) is 3. The van der Waals surface area contributed by atoms with Crippen molar-refractivity contribution in [2.24, 2.45) is 5.73 Å². The summed E-state index contributed by atoms with van der Waals surface area (Å²) in [5.74, 6) is 1.49. The molecule has 0 saturated carbocycles. The van der Waals surface area contributed by atoms with Crippen LogP contribution in [-0.2, 0) is 13.1 Å². The smallest absolute Gasteiger partial charge is 0.224 e. The minimum absolute atomic E-state index is 0.265. The van der Waals surface area contributed by atoms with E-state index in [1.807, 2.05) is 69.3 Å². The molecule has 4 N–H and O–H groups in total. The van der Waals surface area contributed by atoms with E-state index in [9.17, 15) is 0 Å². The Labute approximate surface area is 236 Å². The van der Waals surface area contributed by atoms with Gasteiger partial charge in [-0.2, -0.15) is 0 Å². The van der Waals surface area contributed by atoms with E-state index in [1.54, 1.807) is 12.4 Å². The van der Waals surface area contributed by atoms with Crippen LogP contribution in [0.5, 0.6) is 0 Å². The van der Waals surface area contributed by atoms with Crippen LogP contribution in [0.1, 0.15) is 47.8 Å². The summed E-state index contributed by atoms with van der Waals surface area (Å²) in [5.41, 5.74) is 9.65. The second-order valence-electron chi connectivity index (χ2n) is 8.17. The maximum atomic E-state index is 8.07. The summed E-state index contributed by atoms with van der Waals surface area (Å²) in [6.07, 6.45) is 5.46. The Bertz CT molecular complexity index is 1160. The van der Waals surface area contributed by atoms with Crippen molar-refractivity contribution in [3.05, 3.63) is 112 Å². The van der Waals surface area contributed by atoms with Crippen molar-refractivity contribution in [2.75, 3.05) is 11.9 Å². The number of aliphatic hydroxyl groups is 1. The summed E-state index contributed by atoms with van der Waals surface area (Å²) < 4.78 is 0. The average Bonchev–Trinajstić information content (AvgIpc) is 2.94. The SMILES string of the molecule is CCCCO.Cc1cnc(Cl)nc1NCc1ccccc1.Cc1ncc(C)c(Cl)n1.NCc1ccccc1. The van der Waals surface area contributed by atoms with Crippen molar-refractivity contribution < 1.29 is 5.11 Å². The van der Waals surface area contributed by atoms with Gasteiger partial charge in [-0.25, -0.2) is 19.9 Å².